The van der Waals surface area contributed by atoms with Gasteiger partial charge in [0.1, 0.15) is 23.1 Å². The Bertz CT molecular complexity index is 1650. The molecule has 3 aromatic carbocycles. The highest BCUT2D eigenvalue weighted by atomic mass is 19.1. The summed E-state index contributed by atoms with van der Waals surface area (Å²) in [5, 5.41) is 9.29. The van der Waals surface area contributed by atoms with Gasteiger partial charge in [0.25, 0.3) is 0 Å². The molecule has 1 fully saturated rings. The molecule has 3 N–H and O–H groups in total. The maximum atomic E-state index is 14.7. The molecule has 1 aliphatic heterocycles. The van der Waals surface area contributed by atoms with Gasteiger partial charge >= 0.3 is 0 Å². The second-order valence-corrected chi connectivity index (χ2v) is 10.5. The average Bonchev–Trinajstić information content (AvgIpc) is 3.53. The molecule has 228 valence electrons. The lowest BCUT2D eigenvalue weighted by molar-refractivity contribution is -0.111. The Labute approximate surface area is 256 Å². The fraction of sp³-hybridized carbons (Fsp3) is 0.242. The van der Waals surface area contributed by atoms with Crippen molar-refractivity contribution in [2.45, 2.75) is 12.5 Å². The van der Waals surface area contributed by atoms with Gasteiger partial charge in [0, 0.05) is 37.0 Å². The number of para-hydroxylation sites is 1. The molecule has 1 aromatic heterocycles. The van der Waals surface area contributed by atoms with Crippen LogP contribution in [0.4, 0.5) is 38.9 Å². The number of carbonyl (C=O) groups is 1. The molecule has 0 spiro atoms. The molecule has 44 heavy (non-hydrogen) atoms. The topological polar surface area (TPSA) is 104 Å². The van der Waals surface area contributed by atoms with Crippen molar-refractivity contribution in [2.75, 3.05) is 62.3 Å². The number of hydrogen-bond acceptors (Lipinski definition) is 9. The van der Waals surface area contributed by atoms with E-state index in [4.69, 9.17) is 14.5 Å². The van der Waals surface area contributed by atoms with Crippen molar-refractivity contribution in [3.63, 3.8) is 0 Å². The minimum absolute atomic E-state index is 0.238. The Morgan fingerprint density at radius 1 is 1.05 bits per heavy atom. The number of methoxy groups -OCH3 is 2. The zero-order valence-electron chi connectivity index (χ0n) is 25.2. The highest BCUT2D eigenvalue weighted by Gasteiger charge is 2.27. The van der Waals surface area contributed by atoms with E-state index in [9.17, 15) is 9.18 Å². The van der Waals surface area contributed by atoms with Crippen molar-refractivity contribution in [1.82, 2.24) is 14.9 Å². The first-order valence-corrected chi connectivity index (χ1v) is 14.2. The lowest BCUT2D eigenvalue weighted by atomic mass is 10.1. The van der Waals surface area contributed by atoms with Crippen molar-refractivity contribution in [2.24, 2.45) is 0 Å². The monoisotopic (exact) mass is 597 g/mol. The standard InChI is InChI=1S/C33H36FN7O3/c1-6-31(42)36-27-17-28(30(44-5)18-29(27)41-16-15-22(20-41)40(2)3)38-33-35-19-24(21-11-13-23(43-4)14-12-21)32(39-33)37-26-10-8-7-9-25(26)34/h6-14,17-19,22H,1,15-16,20H2,2-5H3,(H,36,42)(H2,35,37,38,39)/t22-/m1/s1. The smallest absolute Gasteiger partial charge is 0.247 e. The van der Waals surface area contributed by atoms with Gasteiger partial charge in [-0.1, -0.05) is 30.8 Å². The number of halogens is 1. The number of carbonyl (C=O) groups excluding carboxylic acids is 1. The summed E-state index contributed by atoms with van der Waals surface area (Å²) in [6.45, 7) is 5.24. The van der Waals surface area contributed by atoms with Gasteiger partial charge in [-0.2, -0.15) is 4.98 Å². The van der Waals surface area contributed by atoms with Crippen molar-refractivity contribution < 1.29 is 18.7 Å². The van der Waals surface area contributed by atoms with E-state index in [0.29, 0.717) is 40.3 Å². The fourth-order valence-corrected chi connectivity index (χ4v) is 5.09. The first-order valence-electron chi connectivity index (χ1n) is 14.2. The number of nitrogens with zero attached hydrogens (tertiary/aromatic N) is 4. The maximum absolute atomic E-state index is 14.7. The summed E-state index contributed by atoms with van der Waals surface area (Å²) in [6, 6.07) is 17.9. The third-order valence-corrected chi connectivity index (χ3v) is 7.56. The third kappa shape index (κ3) is 6.73. The molecule has 1 atom stereocenters. The summed E-state index contributed by atoms with van der Waals surface area (Å²) in [6.07, 6.45) is 3.89. The Kier molecular flexibility index (Phi) is 9.25. The summed E-state index contributed by atoms with van der Waals surface area (Å²) >= 11 is 0. The van der Waals surface area contributed by atoms with Crippen LogP contribution < -0.4 is 30.3 Å². The van der Waals surface area contributed by atoms with Gasteiger partial charge in [-0.15, -0.1) is 0 Å². The van der Waals surface area contributed by atoms with Crippen LogP contribution in [0.25, 0.3) is 11.1 Å². The van der Waals surface area contributed by atoms with E-state index in [-0.39, 0.29) is 17.5 Å². The van der Waals surface area contributed by atoms with Crippen molar-refractivity contribution in [1.29, 1.82) is 0 Å². The summed E-state index contributed by atoms with van der Waals surface area (Å²) in [5.74, 6) is 1.12. The Balaban J connectivity index is 1.53. The summed E-state index contributed by atoms with van der Waals surface area (Å²) in [4.78, 5) is 26.2. The first kappa shape index (κ1) is 30.3. The van der Waals surface area contributed by atoms with Crippen LogP contribution in [0.3, 0.4) is 0 Å². The van der Waals surface area contributed by atoms with Crippen LogP contribution in [0.15, 0.2) is 79.5 Å². The van der Waals surface area contributed by atoms with Crippen LogP contribution in [-0.4, -0.2) is 68.2 Å². The van der Waals surface area contributed by atoms with E-state index in [1.807, 2.05) is 30.3 Å². The van der Waals surface area contributed by atoms with Crippen molar-refractivity contribution >= 4 is 40.4 Å². The molecule has 2 heterocycles. The lowest BCUT2D eigenvalue weighted by Crippen LogP contribution is -2.31. The molecular formula is C33H36FN7O3. The maximum Gasteiger partial charge on any atom is 0.247 e. The predicted molar refractivity (Wildman–Crippen MR) is 173 cm³/mol. The number of aromatic nitrogens is 2. The number of amides is 1. The van der Waals surface area contributed by atoms with Crippen LogP contribution in [0.2, 0.25) is 0 Å². The Morgan fingerprint density at radius 2 is 1.82 bits per heavy atom. The second-order valence-electron chi connectivity index (χ2n) is 10.5. The van der Waals surface area contributed by atoms with E-state index in [0.717, 1.165) is 30.8 Å². The van der Waals surface area contributed by atoms with E-state index >= 15 is 0 Å². The molecule has 1 saturated heterocycles. The molecule has 0 saturated carbocycles. The molecule has 1 amide bonds. The van der Waals surface area contributed by atoms with E-state index < -0.39 is 5.82 Å². The molecule has 5 rings (SSSR count). The third-order valence-electron chi connectivity index (χ3n) is 7.56. The predicted octanol–water partition coefficient (Wildman–Crippen LogP) is 6.05. The van der Waals surface area contributed by atoms with Crippen LogP contribution in [0.1, 0.15) is 6.42 Å². The molecule has 0 bridgehead atoms. The SMILES string of the molecule is C=CC(=O)Nc1cc(Nc2ncc(-c3ccc(OC)cc3)c(Nc3ccccc3F)n2)c(OC)cc1N1CC[C@@H](N(C)C)C1. The number of ether oxygens (including phenoxy) is 2. The van der Waals surface area contributed by atoms with Crippen molar-refractivity contribution in [3.05, 3.63) is 85.3 Å². The van der Waals surface area contributed by atoms with Gasteiger partial charge < -0.3 is 35.2 Å². The van der Waals surface area contributed by atoms with Gasteiger partial charge in [0.15, 0.2) is 0 Å². The zero-order valence-corrected chi connectivity index (χ0v) is 25.2. The number of anilines is 6. The Hall–Kier alpha value is -5.16. The highest BCUT2D eigenvalue weighted by Crippen LogP contribution is 2.40. The number of rotatable bonds is 11. The van der Waals surface area contributed by atoms with Crippen LogP contribution >= 0.6 is 0 Å². The van der Waals surface area contributed by atoms with Crippen LogP contribution in [-0.2, 0) is 4.79 Å². The van der Waals surface area contributed by atoms with E-state index in [2.05, 4.69) is 51.4 Å². The minimum atomic E-state index is -0.417. The van der Waals surface area contributed by atoms with Gasteiger partial charge in [-0.25, -0.2) is 9.37 Å². The van der Waals surface area contributed by atoms with Gasteiger partial charge in [0.2, 0.25) is 11.9 Å². The Morgan fingerprint density at radius 3 is 2.48 bits per heavy atom. The molecule has 0 unspecified atom stereocenters. The summed E-state index contributed by atoms with van der Waals surface area (Å²) in [5.41, 5.74) is 3.71. The van der Waals surface area contributed by atoms with E-state index in [1.165, 1.54) is 12.1 Å². The van der Waals surface area contributed by atoms with Crippen LogP contribution in [0.5, 0.6) is 11.5 Å². The molecule has 10 nitrogen and oxygen atoms in total. The van der Waals surface area contributed by atoms with Crippen molar-refractivity contribution in [3.8, 4) is 22.6 Å². The van der Waals surface area contributed by atoms with Crippen LogP contribution in [0, 0.1) is 5.82 Å². The zero-order chi connectivity index (χ0) is 31.2. The number of hydrogen-bond donors (Lipinski definition) is 3. The van der Waals surface area contributed by atoms with Gasteiger partial charge in [0.05, 0.1) is 37.0 Å². The molecule has 11 heteroatoms. The normalized spacial score (nSPS) is 14.3. The molecular weight excluding hydrogens is 561 g/mol. The lowest BCUT2D eigenvalue weighted by Gasteiger charge is -2.25. The summed E-state index contributed by atoms with van der Waals surface area (Å²) in [7, 11) is 7.32. The number of benzene rings is 3. The minimum Gasteiger partial charge on any atom is -0.497 e. The molecule has 1 aliphatic rings. The number of nitrogens with one attached hydrogen (secondary N) is 3. The highest BCUT2D eigenvalue weighted by molar-refractivity contribution is 6.02. The summed E-state index contributed by atoms with van der Waals surface area (Å²) < 4.78 is 25.7. The number of likely N-dealkylation sites (N-methyl/N-ethyl adjacent to an activating group) is 1. The molecule has 0 aliphatic carbocycles. The largest absolute Gasteiger partial charge is 0.497 e. The molecule has 4 aromatic rings. The van der Waals surface area contributed by atoms with E-state index in [1.54, 1.807) is 44.7 Å². The first-order chi connectivity index (χ1) is 21.3. The van der Waals surface area contributed by atoms with Gasteiger partial charge in [-0.3, -0.25) is 4.79 Å². The quantitative estimate of drug-likeness (QED) is 0.178. The van der Waals surface area contributed by atoms with Gasteiger partial charge in [-0.05, 0) is 62.5 Å². The second kappa shape index (κ2) is 13.4. The average molecular weight is 598 g/mol. The molecule has 0 radical (unpaired) electrons. The fourth-order valence-electron chi connectivity index (χ4n) is 5.09.